The summed E-state index contributed by atoms with van der Waals surface area (Å²) in [4.78, 5) is 16.7. The Morgan fingerprint density at radius 2 is 1.62 bits per heavy atom. The molecule has 118 valence electrons. The van der Waals surface area contributed by atoms with E-state index >= 15 is 0 Å². The number of anilines is 1. The van der Waals surface area contributed by atoms with Gasteiger partial charge in [-0.3, -0.25) is 4.79 Å². The molecule has 0 aliphatic heterocycles. The molecule has 4 heteroatoms. The Hall–Kier alpha value is -1.55. The summed E-state index contributed by atoms with van der Waals surface area (Å²) in [6.07, 6.45) is 1.49. The largest absolute Gasteiger partial charge is 0.399 e. The molecule has 1 amide bonds. The lowest BCUT2D eigenvalue weighted by atomic mass is 10.1. The predicted octanol–water partition coefficient (Wildman–Crippen LogP) is 2.39. The molecule has 21 heavy (non-hydrogen) atoms. The molecule has 1 aromatic carbocycles. The summed E-state index contributed by atoms with van der Waals surface area (Å²) in [6.45, 7) is 11.2. The van der Waals surface area contributed by atoms with E-state index in [0.717, 1.165) is 50.4 Å². The van der Waals surface area contributed by atoms with Crippen LogP contribution >= 0.6 is 0 Å². The van der Waals surface area contributed by atoms with Crippen LogP contribution in [-0.4, -0.2) is 48.4 Å². The minimum absolute atomic E-state index is 0.196. The summed E-state index contributed by atoms with van der Waals surface area (Å²) in [5, 5.41) is 0. The topological polar surface area (TPSA) is 49.6 Å². The Labute approximate surface area is 128 Å². The van der Waals surface area contributed by atoms with E-state index in [0.29, 0.717) is 6.42 Å². The SMILES string of the molecule is CCN(CC)CCCN(CC)C(=O)Cc1ccc(N)cc1. The molecule has 0 radical (unpaired) electrons. The molecule has 2 N–H and O–H groups in total. The Balaban J connectivity index is 2.43. The van der Waals surface area contributed by atoms with Crippen molar-refractivity contribution < 1.29 is 4.79 Å². The number of carbonyl (C=O) groups excluding carboxylic acids is 1. The number of nitrogen functional groups attached to an aromatic ring is 1. The number of benzene rings is 1. The first-order valence-electron chi connectivity index (χ1n) is 7.95. The van der Waals surface area contributed by atoms with E-state index < -0.39 is 0 Å². The highest BCUT2D eigenvalue weighted by Crippen LogP contribution is 2.08. The second-order valence-electron chi connectivity index (χ2n) is 5.27. The third-order valence-electron chi connectivity index (χ3n) is 3.87. The lowest BCUT2D eigenvalue weighted by Crippen LogP contribution is -2.35. The Morgan fingerprint density at radius 3 is 2.14 bits per heavy atom. The number of likely N-dealkylation sites (N-methyl/N-ethyl adjacent to an activating group) is 1. The second kappa shape index (κ2) is 9.40. The molecule has 0 aliphatic rings. The van der Waals surface area contributed by atoms with E-state index in [1.807, 2.05) is 36.1 Å². The fraction of sp³-hybridized carbons (Fsp3) is 0.588. The van der Waals surface area contributed by atoms with Crippen LogP contribution in [0.25, 0.3) is 0 Å². The predicted molar refractivity (Wildman–Crippen MR) is 89.2 cm³/mol. The quantitative estimate of drug-likeness (QED) is 0.711. The van der Waals surface area contributed by atoms with Crippen molar-refractivity contribution in [3.8, 4) is 0 Å². The fourth-order valence-corrected chi connectivity index (χ4v) is 2.41. The summed E-state index contributed by atoms with van der Waals surface area (Å²) < 4.78 is 0. The van der Waals surface area contributed by atoms with Crippen molar-refractivity contribution >= 4 is 11.6 Å². The molecule has 0 saturated heterocycles. The molecule has 0 aromatic heterocycles. The minimum Gasteiger partial charge on any atom is -0.399 e. The molecule has 0 heterocycles. The molecule has 4 nitrogen and oxygen atoms in total. The summed E-state index contributed by atoms with van der Waals surface area (Å²) in [5.74, 6) is 0.196. The van der Waals surface area contributed by atoms with Crippen molar-refractivity contribution in [2.75, 3.05) is 38.5 Å². The maximum atomic E-state index is 12.3. The number of nitrogens with zero attached hydrogens (tertiary/aromatic N) is 2. The van der Waals surface area contributed by atoms with Gasteiger partial charge in [0.15, 0.2) is 0 Å². The molecule has 1 aromatic rings. The molecular formula is C17H29N3O. The van der Waals surface area contributed by atoms with Gasteiger partial charge in [-0.1, -0.05) is 26.0 Å². The van der Waals surface area contributed by atoms with Gasteiger partial charge in [-0.15, -0.1) is 0 Å². The maximum Gasteiger partial charge on any atom is 0.226 e. The smallest absolute Gasteiger partial charge is 0.226 e. The van der Waals surface area contributed by atoms with Gasteiger partial charge in [0, 0.05) is 18.8 Å². The summed E-state index contributed by atoms with van der Waals surface area (Å²) >= 11 is 0. The maximum absolute atomic E-state index is 12.3. The first kappa shape index (κ1) is 17.5. The summed E-state index contributed by atoms with van der Waals surface area (Å²) in [7, 11) is 0. The second-order valence-corrected chi connectivity index (χ2v) is 5.27. The van der Waals surface area contributed by atoms with Gasteiger partial charge in [0.25, 0.3) is 0 Å². The lowest BCUT2D eigenvalue weighted by molar-refractivity contribution is -0.130. The molecule has 0 aliphatic carbocycles. The van der Waals surface area contributed by atoms with E-state index in [1.165, 1.54) is 0 Å². The number of hydrogen-bond donors (Lipinski definition) is 1. The summed E-state index contributed by atoms with van der Waals surface area (Å²) in [6, 6.07) is 7.55. The number of carbonyl (C=O) groups is 1. The minimum atomic E-state index is 0.196. The number of amides is 1. The zero-order valence-electron chi connectivity index (χ0n) is 13.6. The highest BCUT2D eigenvalue weighted by molar-refractivity contribution is 5.78. The van der Waals surface area contributed by atoms with E-state index in [2.05, 4.69) is 18.7 Å². The van der Waals surface area contributed by atoms with Crippen molar-refractivity contribution in [2.45, 2.75) is 33.6 Å². The van der Waals surface area contributed by atoms with E-state index in [-0.39, 0.29) is 5.91 Å². The van der Waals surface area contributed by atoms with Gasteiger partial charge < -0.3 is 15.5 Å². The van der Waals surface area contributed by atoms with Crippen LogP contribution in [0.4, 0.5) is 5.69 Å². The standard InChI is InChI=1S/C17H29N3O/c1-4-19(5-2)12-7-13-20(6-3)17(21)14-15-8-10-16(18)11-9-15/h8-11H,4-7,12-14,18H2,1-3H3. The lowest BCUT2D eigenvalue weighted by Gasteiger charge is -2.23. The van der Waals surface area contributed by atoms with Gasteiger partial charge in [0.1, 0.15) is 0 Å². The first-order chi connectivity index (χ1) is 10.1. The Bertz CT molecular complexity index is 413. The van der Waals surface area contributed by atoms with Crippen molar-refractivity contribution in [3.63, 3.8) is 0 Å². The van der Waals surface area contributed by atoms with Crippen LogP contribution in [0.5, 0.6) is 0 Å². The molecule has 0 unspecified atom stereocenters. The van der Waals surface area contributed by atoms with Crippen molar-refractivity contribution in [1.82, 2.24) is 9.80 Å². The first-order valence-corrected chi connectivity index (χ1v) is 7.95. The molecule has 0 atom stereocenters. The Morgan fingerprint density at radius 1 is 1.00 bits per heavy atom. The van der Waals surface area contributed by atoms with Gasteiger partial charge >= 0.3 is 0 Å². The van der Waals surface area contributed by atoms with Gasteiger partial charge in [-0.2, -0.15) is 0 Å². The fourth-order valence-electron chi connectivity index (χ4n) is 2.41. The highest BCUT2D eigenvalue weighted by atomic mass is 16.2. The number of hydrogen-bond acceptors (Lipinski definition) is 3. The summed E-state index contributed by atoms with van der Waals surface area (Å²) in [5.41, 5.74) is 7.42. The van der Waals surface area contributed by atoms with Crippen LogP contribution in [0, 0.1) is 0 Å². The van der Waals surface area contributed by atoms with Crippen LogP contribution in [0.2, 0.25) is 0 Å². The van der Waals surface area contributed by atoms with E-state index in [4.69, 9.17) is 5.73 Å². The van der Waals surface area contributed by atoms with E-state index in [9.17, 15) is 4.79 Å². The average molecular weight is 291 g/mol. The van der Waals surface area contributed by atoms with E-state index in [1.54, 1.807) is 0 Å². The van der Waals surface area contributed by atoms with Gasteiger partial charge in [-0.05, 0) is 50.7 Å². The van der Waals surface area contributed by atoms with Crippen molar-refractivity contribution in [1.29, 1.82) is 0 Å². The van der Waals surface area contributed by atoms with Crippen LogP contribution in [0.3, 0.4) is 0 Å². The average Bonchev–Trinajstić information content (AvgIpc) is 2.50. The van der Waals surface area contributed by atoms with Crippen LogP contribution in [0.15, 0.2) is 24.3 Å². The van der Waals surface area contributed by atoms with Gasteiger partial charge in [0.05, 0.1) is 6.42 Å². The molecular weight excluding hydrogens is 262 g/mol. The molecule has 1 rings (SSSR count). The van der Waals surface area contributed by atoms with Crippen molar-refractivity contribution in [3.05, 3.63) is 29.8 Å². The molecule has 0 bridgehead atoms. The van der Waals surface area contributed by atoms with Crippen molar-refractivity contribution in [2.24, 2.45) is 0 Å². The Kier molecular flexibility index (Phi) is 7.83. The van der Waals surface area contributed by atoms with Crippen LogP contribution in [-0.2, 0) is 11.2 Å². The van der Waals surface area contributed by atoms with Crippen LogP contribution < -0.4 is 5.73 Å². The molecule has 0 saturated carbocycles. The normalized spacial score (nSPS) is 10.9. The van der Waals surface area contributed by atoms with Gasteiger partial charge in [-0.25, -0.2) is 0 Å². The van der Waals surface area contributed by atoms with Gasteiger partial charge in [0.2, 0.25) is 5.91 Å². The molecule has 0 fully saturated rings. The zero-order chi connectivity index (χ0) is 15.7. The van der Waals surface area contributed by atoms with Crippen LogP contribution in [0.1, 0.15) is 32.8 Å². The zero-order valence-corrected chi connectivity index (χ0v) is 13.6. The molecule has 0 spiro atoms. The highest BCUT2D eigenvalue weighted by Gasteiger charge is 2.12. The third kappa shape index (κ3) is 6.17. The number of nitrogens with two attached hydrogens (primary N) is 1. The third-order valence-corrected chi connectivity index (χ3v) is 3.87. The number of rotatable bonds is 9. The monoisotopic (exact) mass is 291 g/mol.